The first-order valence-electron chi connectivity index (χ1n) is 11.3. The van der Waals surface area contributed by atoms with Crippen LogP contribution < -0.4 is 4.57 Å². The summed E-state index contributed by atoms with van der Waals surface area (Å²) in [7, 11) is 1.85. The molecule has 0 N–H and O–H groups in total. The molecule has 34 heavy (non-hydrogen) atoms. The summed E-state index contributed by atoms with van der Waals surface area (Å²) in [6.07, 6.45) is 1.54. The Labute approximate surface area is 198 Å². The number of rotatable bonds is 2. The summed E-state index contributed by atoms with van der Waals surface area (Å²) in [6.45, 7) is 15.9. The number of aromatic nitrogens is 1. The summed E-state index contributed by atoms with van der Waals surface area (Å²) in [5, 5.41) is 1.85. The molecule has 0 bridgehead atoms. The standard InChI is InChI=1S/C30H26FN2O/c1-18-12-13-21-22-14-20(19-10-8-7-9-11-19)15-25(32-5)28(22)34-29(21)27(18)26-16-23(30(2,3)4)24(31)17-33(26)6/h7-17H,1-4,6H3/q+1. The van der Waals surface area contributed by atoms with Crippen LogP contribution in [0.2, 0.25) is 0 Å². The van der Waals surface area contributed by atoms with Crippen molar-refractivity contribution in [3.63, 3.8) is 0 Å². The Bertz CT molecular complexity index is 1620. The second kappa shape index (κ2) is 7.81. The largest absolute Gasteiger partial charge is 0.466 e. The van der Waals surface area contributed by atoms with Gasteiger partial charge in [-0.2, -0.15) is 4.57 Å². The Kier molecular flexibility index (Phi) is 5.02. The number of hydrogen-bond acceptors (Lipinski definition) is 1. The quantitative estimate of drug-likeness (QED) is 0.197. The van der Waals surface area contributed by atoms with Crippen molar-refractivity contribution in [1.29, 1.82) is 0 Å². The molecule has 2 heterocycles. The first-order chi connectivity index (χ1) is 16.2. The molecule has 0 aliphatic rings. The van der Waals surface area contributed by atoms with E-state index in [0.717, 1.165) is 38.7 Å². The van der Waals surface area contributed by atoms with Crippen LogP contribution in [0.3, 0.4) is 0 Å². The Hall–Kier alpha value is -3.97. The van der Waals surface area contributed by atoms with Gasteiger partial charge in [-0.1, -0.05) is 63.2 Å². The first-order valence-corrected chi connectivity index (χ1v) is 11.3. The highest BCUT2D eigenvalue weighted by Crippen LogP contribution is 2.43. The number of hydrogen-bond donors (Lipinski definition) is 0. The van der Waals surface area contributed by atoms with Crippen molar-refractivity contribution in [2.24, 2.45) is 7.05 Å². The lowest BCUT2D eigenvalue weighted by Gasteiger charge is -2.19. The van der Waals surface area contributed by atoms with Gasteiger partial charge in [-0.3, -0.25) is 0 Å². The van der Waals surface area contributed by atoms with E-state index in [1.165, 1.54) is 6.20 Å². The van der Waals surface area contributed by atoms with Gasteiger partial charge < -0.3 is 4.42 Å². The third kappa shape index (κ3) is 3.45. The van der Waals surface area contributed by atoms with E-state index in [4.69, 9.17) is 11.0 Å². The SMILES string of the molecule is [C-]#[N+]c1cc(-c2ccccc2)cc2c1oc1c(-c3cc(C(C)(C)C)c(F)c[n+]3C)c(C)ccc12. The predicted octanol–water partition coefficient (Wildman–Crippen LogP) is 8.04. The van der Waals surface area contributed by atoms with Crippen LogP contribution in [0.25, 0.3) is 49.2 Å². The van der Waals surface area contributed by atoms with Crippen molar-refractivity contribution < 1.29 is 13.4 Å². The molecule has 0 atom stereocenters. The third-order valence-electron chi connectivity index (χ3n) is 6.45. The van der Waals surface area contributed by atoms with Crippen molar-refractivity contribution in [1.82, 2.24) is 0 Å². The average Bonchev–Trinajstić information content (AvgIpc) is 3.17. The molecule has 0 fully saturated rings. The molecule has 3 nitrogen and oxygen atoms in total. The predicted molar refractivity (Wildman–Crippen MR) is 135 cm³/mol. The zero-order valence-electron chi connectivity index (χ0n) is 20.0. The summed E-state index contributed by atoms with van der Waals surface area (Å²) in [4.78, 5) is 3.78. The fraction of sp³-hybridized carbons (Fsp3) is 0.200. The van der Waals surface area contributed by atoms with E-state index in [9.17, 15) is 4.39 Å². The summed E-state index contributed by atoms with van der Waals surface area (Å²) in [5.41, 5.74) is 6.94. The minimum atomic E-state index is -0.343. The maximum atomic E-state index is 14.9. The highest BCUT2D eigenvalue weighted by Gasteiger charge is 2.27. The fourth-order valence-electron chi connectivity index (χ4n) is 4.66. The van der Waals surface area contributed by atoms with E-state index in [0.29, 0.717) is 22.4 Å². The zero-order chi connectivity index (χ0) is 24.2. The minimum absolute atomic E-state index is 0.226. The van der Waals surface area contributed by atoms with Gasteiger partial charge in [0.05, 0.1) is 12.1 Å². The Morgan fingerprint density at radius 2 is 1.65 bits per heavy atom. The molecule has 0 aliphatic carbocycles. The van der Waals surface area contributed by atoms with Gasteiger partial charge in [0.15, 0.2) is 5.82 Å². The van der Waals surface area contributed by atoms with Gasteiger partial charge in [0.25, 0.3) is 0 Å². The van der Waals surface area contributed by atoms with Gasteiger partial charge in [-0.15, -0.1) is 0 Å². The van der Waals surface area contributed by atoms with Crippen LogP contribution in [0.1, 0.15) is 31.9 Å². The van der Waals surface area contributed by atoms with E-state index in [1.807, 2.05) is 81.8 Å². The van der Waals surface area contributed by atoms with Crippen LogP contribution in [0.15, 0.2) is 71.3 Å². The van der Waals surface area contributed by atoms with Crippen LogP contribution in [0.5, 0.6) is 0 Å². The second-order valence-corrected chi connectivity index (χ2v) is 9.87. The Morgan fingerprint density at radius 3 is 2.32 bits per heavy atom. The van der Waals surface area contributed by atoms with Crippen LogP contribution in [-0.2, 0) is 12.5 Å². The number of nitrogens with zero attached hydrogens (tertiary/aromatic N) is 2. The monoisotopic (exact) mass is 449 g/mol. The van der Waals surface area contributed by atoms with E-state index >= 15 is 0 Å². The lowest BCUT2D eigenvalue weighted by atomic mass is 9.86. The molecule has 0 spiro atoms. The molecule has 0 saturated carbocycles. The number of halogens is 1. The maximum Gasteiger partial charge on any atom is 0.230 e. The van der Waals surface area contributed by atoms with E-state index in [-0.39, 0.29) is 11.2 Å². The molecule has 0 radical (unpaired) electrons. The summed E-state index contributed by atoms with van der Waals surface area (Å²) >= 11 is 0. The minimum Gasteiger partial charge on any atom is -0.466 e. The van der Waals surface area contributed by atoms with Crippen LogP contribution in [-0.4, -0.2) is 0 Å². The summed E-state index contributed by atoms with van der Waals surface area (Å²) in [5.74, 6) is -0.226. The van der Waals surface area contributed by atoms with Gasteiger partial charge in [0.2, 0.25) is 17.6 Å². The highest BCUT2D eigenvalue weighted by atomic mass is 19.1. The van der Waals surface area contributed by atoms with Crippen molar-refractivity contribution in [3.8, 4) is 22.4 Å². The van der Waals surface area contributed by atoms with Crippen LogP contribution in [0.4, 0.5) is 10.1 Å². The first kappa shape index (κ1) is 21.9. The number of pyridine rings is 1. The zero-order valence-corrected chi connectivity index (χ0v) is 20.0. The molecule has 0 unspecified atom stereocenters. The highest BCUT2D eigenvalue weighted by molar-refractivity contribution is 6.14. The van der Waals surface area contributed by atoms with Crippen molar-refractivity contribution in [2.75, 3.05) is 0 Å². The molecule has 3 aromatic carbocycles. The molecule has 0 saturated heterocycles. The van der Waals surface area contributed by atoms with E-state index < -0.39 is 0 Å². The normalized spacial score (nSPS) is 11.8. The molecule has 5 aromatic rings. The molecular formula is C30H26FN2O+. The summed E-state index contributed by atoms with van der Waals surface area (Å²) in [6, 6.07) is 20.1. The third-order valence-corrected chi connectivity index (χ3v) is 6.45. The van der Waals surface area contributed by atoms with Gasteiger partial charge >= 0.3 is 0 Å². The van der Waals surface area contributed by atoms with Crippen LogP contribution in [0, 0.1) is 19.3 Å². The van der Waals surface area contributed by atoms with Gasteiger partial charge in [0, 0.05) is 22.4 Å². The number of furan rings is 1. The van der Waals surface area contributed by atoms with Crippen LogP contribution >= 0.6 is 0 Å². The molecule has 5 rings (SSSR count). The summed E-state index contributed by atoms with van der Waals surface area (Å²) < 4.78 is 23.1. The molecule has 0 aliphatic heterocycles. The molecule has 4 heteroatoms. The van der Waals surface area contributed by atoms with Crippen molar-refractivity contribution >= 4 is 27.6 Å². The van der Waals surface area contributed by atoms with Crippen molar-refractivity contribution in [3.05, 3.63) is 95.2 Å². The molecule has 168 valence electrons. The topological polar surface area (TPSA) is 21.4 Å². The van der Waals surface area contributed by atoms with Gasteiger partial charge in [-0.05, 0) is 41.2 Å². The fourth-order valence-corrected chi connectivity index (χ4v) is 4.66. The number of fused-ring (bicyclic) bond motifs is 3. The molecule has 0 amide bonds. The Morgan fingerprint density at radius 1 is 0.912 bits per heavy atom. The Balaban J connectivity index is 1.86. The number of benzene rings is 3. The lowest BCUT2D eigenvalue weighted by Crippen LogP contribution is -2.33. The smallest absolute Gasteiger partial charge is 0.230 e. The maximum absolute atomic E-state index is 14.9. The van der Waals surface area contributed by atoms with Gasteiger partial charge in [-0.25, -0.2) is 9.24 Å². The average molecular weight is 450 g/mol. The van der Waals surface area contributed by atoms with Crippen molar-refractivity contribution in [2.45, 2.75) is 33.1 Å². The lowest BCUT2D eigenvalue weighted by molar-refractivity contribution is -0.662. The van der Waals surface area contributed by atoms with E-state index in [2.05, 4.69) is 23.0 Å². The second-order valence-electron chi connectivity index (χ2n) is 9.87. The molecule has 2 aromatic heterocycles. The van der Waals surface area contributed by atoms with E-state index in [1.54, 1.807) is 0 Å². The molecular weight excluding hydrogens is 423 g/mol. The van der Waals surface area contributed by atoms with Gasteiger partial charge in [0.1, 0.15) is 18.2 Å². The number of aryl methyl sites for hydroxylation is 2.